The summed E-state index contributed by atoms with van der Waals surface area (Å²) in [4.78, 5) is 14.2. The molecule has 2 saturated carbocycles. The highest BCUT2D eigenvalue weighted by Crippen LogP contribution is 2.48. The van der Waals surface area contributed by atoms with Crippen molar-refractivity contribution in [1.82, 2.24) is 4.90 Å². The second-order valence-corrected chi connectivity index (χ2v) is 7.50. The van der Waals surface area contributed by atoms with Crippen LogP contribution in [0.2, 0.25) is 0 Å². The zero-order valence-corrected chi connectivity index (χ0v) is 12.3. The van der Waals surface area contributed by atoms with Crippen LogP contribution in [0.15, 0.2) is 0 Å². The molecule has 0 heterocycles. The summed E-state index contributed by atoms with van der Waals surface area (Å²) in [5.41, 5.74) is 5.90. The lowest BCUT2D eigenvalue weighted by Crippen LogP contribution is -2.50. The average Bonchev–Trinajstić information content (AvgIpc) is 2.87. The number of amides is 1. The molecule has 3 heteroatoms. The third kappa shape index (κ3) is 2.71. The topological polar surface area (TPSA) is 46.3 Å². The van der Waals surface area contributed by atoms with E-state index in [9.17, 15) is 4.79 Å². The number of likely N-dealkylation sites (N-methyl/N-ethyl adjacent to an activating group) is 1. The van der Waals surface area contributed by atoms with Crippen LogP contribution >= 0.6 is 0 Å². The molecule has 2 bridgehead atoms. The van der Waals surface area contributed by atoms with Crippen molar-refractivity contribution in [2.75, 3.05) is 13.6 Å². The molecular formula is C15H28N2O. The van der Waals surface area contributed by atoms with Crippen molar-refractivity contribution in [3.8, 4) is 0 Å². The van der Waals surface area contributed by atoms with Crippen molar-refractivity contribution in [2.45, 2.75) is 52.5 Å². The molecule has 2 aliphatic rings. The molecule has 2 aliphatic carbocycles. The first-order valence-corrected chi connectivity index (χ1v) is 7.29. The quantitative estimate of drug-likeness (QED) is 0.837. The second kappa shape index (κ2) is 4.84. The number of nitrogens with zero attached hydrogens (tertiary/aromatic N) is 1. The first-order valence-electron chi connectivity index (χ1n) is 7.29. The van der Waals surface area contributed by atoms with Crippen LogP contribution in [0.25, 0.3) is 0 Å². The Balaban J connectivity index is 1.88. The lowest BCUT2D eigenvalue weighted by molar-refractivity contribution is -0.134. The minimum atomic E-state index is -0.388. The van der Waals surface area contributed by atoms with Crippen molar-refractivity contribution in [3.63, 3.8) is 0 Å². The van der Waals surface area contributed by atoms with Crippen molar-refractivity contribution in [1.29, 1.82) is 0 Å². The Kier molecular flexibility index (Phi) is 3.72. The molecule has 3 unspecified atom stereocenters. The predicted octanol–water partition coefficient (Wildman–Crippen LogP) is 2.25. The Morgan fingerprint density at radius 2 is 2.00 bits per heavy atom. The Morgan fingerprint density at radius 1 is 1.33 bits per heavy atom. The van der Waals surface area contributed by atoms with Gasteiger partial charge in [-0.2, -0.15) is 0 Å². The minimum absolute atomic E-state index is 0.102. The third-order valence-electron chi connectivity index (χ3n) is 4.97. The fourth-order valence-corrected chi connectivity index (χ4v) is 3.65. The number of hydrogen-bond acceptors (Lipinski definition) is 2. The fourth-order valence-electron chi connectivity index (χ4n) is 3.65. The number of carbonyl (C=O) groups is 1. The Hall–Kier alpha value is -0.570. The highest BCUT2D eigenvalue weighted by molar-refractivity contribution is 5.82. The van der Waals surface area contributed by atoms with Gasteiger partial charge in [-0.1, -0.05) is 27.2 Å². The molecule has 0 spiro atoms. The molecule has 18 heavy (non-hydrogen) atoms. The summed E-state index contributed by atoms with van der Waals surface area (Å²) in [7, 11) is 1.92. The summed E-state index contributed by atoms with van der Waals surface area (Å²) in [6, 6.07) is -0.388. The molecule has 0 radical (unpaired) electrons. The lowest BCUT2D eigenvalue weighted by atomic mass is 9.85. The molecule has 0 aromatic carbocycles. The minimum Gasteiger partial charge on any atom is -0.344 e. The van der Waals surface area contributed by atoms with E-state index >= 15 is 0 Å². The van der Waals surface area contributed by atoms with E-state index in [4.69, 9.17) is 5.73 Å². The van der Waals surface area contributed by atoms with Crippen molar-refractivity contribution < 1.29 is 4.79 Å². The third-order valence-corrected chi connectivity index (χ3v) is 4.97. The summed E-state index contributed by atoms with van der Waals surface area (Å²) in [5.74, 6) is 2.64. The Labute approximate surface area is 111 Å². The highest BCUT2D eigenvalue weighted by Gasteiger charge is 2.40. The summed E-state index contributed by atoms with van der Waals surface area (Å²) in [6.45, 7) is 6.99. The molecule has 3 nitrogen and oxygen atoms in total. The van der Waals surface area contributed by atoms with E-state index in [1.54, 1.807) is 0 Å². The smallest absolute Gasteiger partial charge is 0.239 e. The monoisotopic (exact) mass is 252 g/mol. The second-order valence-electron chi connectivity index (χ2n) is 7.50. The van der Waals surface area contributed by atoms with Gasteiger partial charge in [0.25, 0.3) is 0 Å². The van der Waals surface area contributed by atoms with E-state index in [0.717, 1.165) is 24.3 Å². The molecule has 0 aromatic rings. The maximum atomic E-state index is 12.3. The molecule has 2 N–H and O–H groups in total. The number of hydrogen-bond donors (Lipinski definition) is 1. The normalized spacial score (nSPS) is 32.6. The van der Waals surface area contributed by atoms with Crippen LogP contribution in [0.1, 0.15) is 46.5 Å². The molecule has 0 aromatic heterocycles. The van der Waals surface area contributed by atoms with Crippen molar-refractivity contribution in [3.05, 3.63) is 0 Å². The SMILES string of the molecule is CN(CC1CC2CCC1C2)C(=O)[C@H](N)C(C)(C)C. The van der Waals surface area contributed by atoms with Crippen LogP contribution < -0.4 is 5.73 Å². The lowest BCUT2D eigenvalue weighted by Gasteiger charge is -2.33. The Morgan fingerprint density at radius 3 is 2.44 bits per heavy atom. The summed E-state index contributed by atoms with van der Waals surface area (Å²) < 4.78 is 0. The molecule has 0 aliphatic heterocycles. The maximum Gasteiger partial charge on any atom is 0.239 e. The molecule has 2 fully saturated rings. The molecule has 2 rings (SSSR count). The fraction of sp³-hybridized carbons (Fsp3) is 0.933. The molecular weight excluding hydrogens is 224 g/mol. The summed E-state index contributed by atoms with van der Waals surface area (Å²) in [5, 5.41) is 0. The number of carbonyl (C=O) groups excluding carboxylic acids is 1. The van der Waals surface area contributed by atoms with Gasteiger partial charge in [0.2, 0.25) is 5.91 Å². The van der Waals surface area contributed by atoms with Crippen LogP contribution in [0.4, 0.5) is 0 Å². The standard InChI is InChI=1S/C15H28N2O/c1-15(2,3)13(16)14(18)17(4)9-12-8-10-5-6-11(12)7-10/h10-13H,5-9,16H2,1-4H3/t10?,11?,12?,13-/m0/s1. The molecule has 104 valence electrons. The van der Waals surface area contributed by atoms with Crippen LogP contribution in [-0.4, -0.2) is 30.4 Å². The van der Waals surface area contributed by atoms with Crippen LogP contribution in [0.5, 0.6) is 0 Å². The first kappa shape index (κ1) is 13.9. The van der Waals surface area contributed by atoms with E-state index in [2.05, 4.69) is 0 Å². The van der Waals surface area contributed by atoms with E-state index in [1.807, 2.05) is 32.7 Å². The van der Waals surface area contributed by atoms with Gasteiger partial charge in [-0.3, -0.25) is 4.79 Å². The zero-order valence-electron chi connectivity index (χ0n) is 12.3. The van der Waals surface area contributed by atoms with Crippen LogP contribution in [0.3, 0.4) is 0 Å². The predicted molar refractivity (Wildman–Crippen MR) is 74.0 cm³/mol. The zero-order chi connectivity index (χ0) is 13.5. The van der Waals surface area contributed by atoms with E-state index < -0.39 is 0 Å². The van der Waals surface area contributed by atoms with Crippen molar-refractivity contribution in [2.24, 2.45) is 28.9 Å². The molecule has 4 atom stereocenters. The van der Waals surface area contributed by atoms with Crippen molar-refractivity contribution >= 4 is 5.91 Å². The van der Waals surface area contributed by atoms with Gasteiger partial charge in [-0.25, -0.2) is 0 Å². The molecule has 1 amide bonds. The summed E-state index contributed by atoms with van der Waals surface area (Å²) >= 11 is 0. The average molecular weight is 252 g/mol. The summed E-state index contributed by atoms with van der Waals surface area (Å²) in [6.07, 6.45) is 5.52. The van der Waals surface area contributed by atoms with Gasteiger partial charge in [0.15, 0.2) is 0 Å². The highest BCUT2D eigenvalue weighted by atomic mass is 16.2. The largest absolute Gasteiger partial charge is 0.344 e. The van der Waals surface area contributed by atoms with Gasteiger partial charge in [-0.05, 0) is 42.4 Å². The van der Waals surface area contributed by atoms with Gasteiger partial charge in [0, 0.05) is 13.6 Å². The number of rotatable bonds is 3. The maximum absolute atomic E-state index is 12.3. The van der Waals surface area contributed by atoms with E-state index in [0.29, 0.717) is 0 Å². The first-order chi connectivity index (χ1) is 8.29. The van der Waals surface area contributed by atoms with E-state index in [-0.39, 0.29) is 17.4 Å². The molecule has 0 saturated heterocycles. The van der Waals surface area contributed by atoms with Gasteiger partial charge in [0.1, 0.15) is 0 Å². The van der Waals surface area contributed by atoms with Gasteiger partial charge >= 0.3 is 0 Å². The van der Waals surface area contributed by atoms with Crippen LogP contribution in [-0.2, 0) is 4.79 Å². The van der Waals surface area contributed by atoms with E-state index in [1.165, 1.54) is 25.7 Å². The number of nitrogens with two attached hydrogens (primary N) is 1. The Bertz CT molecular complexity index is 321. The van der Waals surface area contributed by atoms with Gasteiger partial charge < -0.3 is 10.6 Å². The number of fused-ring (bicyclic) bond motifs is 2. The van der Waals surface area contributed by atoms with Gasteiger partial charge in [0.05, 0.1) is 6.04 Å². The van der Waals surface area contributed by atoms with Gasteiger partial charge in [-0.15, -0.1) is 0 Å². The van der Waals surface area contributed by atoms with Crippen LogP contribution in [0, 0.1) is 23.2 Å².